The molecule has 0 aromatic carbocycles. The van der Waals surface area contributed by atoms with Crippen LogP contribution in [0.4, 0.5) is 0 Å². The Morgan fingerprint density at radius 3 is 1.50 bits per heavy atom. The van der Waals surface area contributed by atoms with E-state index < -0.39 is 0 Å². The molecule has 0 aliphatic carbocycles. The van der Waals surface area contributed by atoms with Gasteiger partial charge in [0.1, 0.15) is 12.2 Å². The summed E-state index contributed by atoms with van der Waals surface area (Å²) in [5, 5.41) is 3.98. The Balaban J connectivity index is 1.59. The van der Waals surface area contributed by atoms with Gasteiger partial charge in [-0.2, -0.15) is 10.1 Å². The molecule has 0 aromatic heterocycles. The van der Waals surface area contributed by atoms with Gasteiger partial charge in [-0.1, -0.05) is 53.4 Å². The summed E-state index contributed by atoms with van der Waals surface area (Å²) < 4.78 is 11.9. The Bertz CT molecular complexity index is 743. The van der Waals surface area contributed by atoms with Crippen molar-refractivity contribution in [3.05, 3.63) is 0 Å². The summed E-state index contributed by atoms with van der Waals surface area (Å²) in [6.45, 7) is 18.5. The Morgan fingerprint density at radius 2 is 1.08 bits per heavy atom. The van der Waals surface area contributed by atoms with E-state index in [1.165, 1.54) is 0 Å². The summed E-state index contributed by atoms with van der Waals surface area (Å²) in [6.07, 6.45) is 8.02. The van der Waals surface area contributed by atoms with Crippen LogP contribution >= 0.6 is 0 Å². The number of rotatable bonds is 13. The van der Waals surface area contributed by atoms with Crippen LogP contribution in [-0.2, 0) is 28.7 Å². The minimum absolute atomic E-state index is 0.0812. The fourth-order valence-electron chi connectivity index (χ4n) is 7.07. The van der Waals surface area contributed by atoms with Crippen molar-refractivity contribution in [2.45, 2.75) is 143 Å². The zero-order valence-corrected chi connectivity index (χ0v) is 26.0. The van der Waals surface area contributed by atoms with E-state index in [9.17, 15) is 9.59 Å². The Morgan fingerprint density at radius 1 is 0.658 bits per heavy atom. The number of hydrogen-bond acceptors (Lipinski definition) is 8. The number of carbonyl (C=O) groups is 2. The smallest absolute Gasteiger partial charge is 0.306 e. The van der Waals surface area contributed by atoms with Gasteiger partial charge >= 0.3 is 11.9 Å². The maximum Gasteiger partial charge on any atom is 0.306 e. The summed E-state index contributed by atoms with van der Waals surface area (Å²) in [7, 11) is 3.40. The molecule has 0 atom stereocenters. The maximum absolute atomic E-state index is 12.6. The third kappa shape index (κ3) is 9.17. The zero-order chi connectivity index (χ0) is 28.8. The van der Waals surface area contributed by atoms with Crippen LogP contribution in [0.15, 0.2) is 0 Å². The number of hydroxylamine groups is 4. The lowest BCUT2D eigenvalue weighted by molar-refractivity contribution is -0.278. The molecule has 8 nitrogen and oxygen atoms in total. The third-order valence-electron chi connectivity index (χ3n) is 8.14. The van der Waals surface area contributed by atoms with Gasteiger partial charge in [0.15, 0.2) is 0 Å². The molecule has 2 rings (SSSR count). The van der Waals surface area contributed by atoms with Crippen molar-refractivity contribution in [2.24, 2.45) is 10.8 Å². The van der Waals surface area contributed by atoms with E-state index in [1.54, 1.807) is 14.2 Å². The summed E-state index contributed by atoms with van der Waals surface area (Å²) >= 11 is 0. The van der Waals surface area contributed by atoms with E-state index in [0.717, 1.165) is 64.5 Å². The lowest BCUT2D eigenvalue weighted by Crippen LogP contribution is -2.61. The molecule has 38 heavy (non-hydrogen) atoms. The van der Waals surface area contributed by atoms with Crippen LogP contribution in [0, 0.1) is 10.8 Å². The third-order valence-corrected chi connectivity index (χ3v) is 8.14. The zero-order valence-electron chi connectivity index (χ0n) is 26.0. The Labute approximate surface area is 232 Å². The molecule has 2 heterocycles. The fraction of sp³-hybridized carbons (Fsp3) is 0.933. The van der Waals surface area contributed by atoms with Crippen LogP contribution in [0.25, 0.3) is 0 Å². The molecule has 2 aliphatic heterocycles. The number of ether oxygens (including phenoxy) is 2. The molecule has 8 heteroatoms. The molecule has 2 fully saturated rings. The normalized spacial score (nSPS) is 23.7. The van der Waals surface area contributed by atoms with Gasteiger partial charge in [-0.05, 0) is 40.5 Å². The number of carbonyl (C=O) groups excluding carboxylic acids is 2. The van der Waals surface area contributed by atoms with Crippen molar-refractivity contribution in [1.29, 1.82) is 0 Å². The van der Waals surface area contributed by atoms with Crippen molar-refractivity contribution in [3.8, 4) is 0 Å². The van der Waals surface area contributed by atoms with Crippen molar-refractivity contribution < 1.29 is 28.7 Å². The average Bonchev–Trinajstić information content (AvgIpc) is 2.76. The first kappa shape index (κ1) is 33.0. The molecule has 0 unspecified atom stereocenters. The van der Waals surface area contributed by atoms with Crippen LogP contribution in [0.5, 0.6) is 0 Å². The highest BCUT2D eigenvalue weighted by Gasteiger charge is 2.50. The lowest BCUT2D eigenvalue weighted by Gasteiger charge is -2.52. The van der Waals surface area contributed by atoms with Crippen LogP contribution in [0.3, 0.4) is 0 Å². The minimum atomic E-state index is -0.193. The molecule has 2 aliphatic rings. The van der Waals surface area contributed by atoms with Crippen LogP contribution in [-0.4, -0.2) is 72.7 Å². The fourth-order valence-corrected chi connectivity index (χ4v) is 7.07. The SMILES string of the molecule is CON1CC(C)(C)C(OC(=O)CCCCCCCCC(=O)OC2CC(C)(C)N(OC)C(C)(C)C2)C(C)(C)C1. The predicted octanol–water partition coefficient (Wildman–Crippen LogP) is 6.07. The van der Waals surface area contributed by atoms with Gasteiger partial charge in [0.05, 0.1) is 14.2 Å². The standard InChI is InChI=1S/C30H56N2O6/c1-27(2)21-31(35-9)22-28(3,4)26(27)38-25(34)18-16-14-12-11-13-15-17-24(33)37-23-19-29(5,6)32(36-10)30(7,8)20-23/h23,26H,11-22H2,1-10H3. The average molecular weight is 541 g/mol. The highest BCUT2D eigenvalue weighted by atomic mass is 16.7. The van der Waals surface area contributed by atoms with E-state index in [4.69, 9.17) is 19.1 Å². The van der Waals surface area contributed by atoms with Gasteiger partial charge in [0.25, 0.3) is 0 Å². The molecule has 222 valence electrons. The van der Waals surface area contributed by atoms with Crippen LogP contribution < -0.4 is 0 Å². The van der Waals surface area contributed by atoms with Crippen molar-refractivity contribution in [2.75, 3.05) is 27.3 Å². The first-order valence-corrected chi connectivity index (χ1v) is 14.6. The first-order chi connectivity index (χ1) is 17.5. The number of hydrogen-bond donors (Lipinski definition) is 0. The van der Waals surface area contributed by atoms with Gasteiger partial charge in [-0.3, -0.25) is 9.59 Å². The van der Waals surface area contributed by atoms with E-state index in [2.05, 4.69) is 55.4 Å². The summed E-state index contributed by atoms with van der Waals surface area (Å²) in [4.78, 5) is 36.1. The van der Waals surface area contributed by atoms with Gasteiger partial charge in [0, 0.05) is 60.7 Å². The maximum atomic E-state index is 12.6. The second-order valence-electron chi connectivity index (χ2n) is 14.1. The highest BCUT2D eigenvalue weighted by Crippen LogP contribution is 2.43. The number of unbranched alkanes of at least 4 members (excludes halogenated alkanes) is 5. The second-order valence-corrected chi connectivity index (χ2v) is 14.1. The summed E-state index contributed by atoms with van der Waals surface area (Å²) in [5.41, 5.74) is -0.742. The summed E-state index contributed by atoms with van der Waals surface area (Å²) in [6, 6.07) is 0. The number of nitrogens with zero attached hydrogens (tertiary/aromatic N) is 2. The van der Waals surface area contributed by atoms with Crippen molar-refractivity contribution in [3.63, 3.8) is 0 Å². The lowest BCUT2D eigenvalue weighted by atomic mass is 9.68. The Hall–Kier alpha value is -1.22. The number of piperidine rings is 2. The highest BCUT2D eigenvalue weighted by molar-refractivity contribution is 5.70. The van der Waals surface area contributed by atoms with Gasteiger partial charge in [-0.15, -0.1) is 0 Å². The molecule has 0 aromatic rings. The molecule has 0 saturated carbocycles. The first-order valence-electron chi connectivity index (χ1n) is 14.6. The molecular formula is C30H56N2O6. The van der Waals surface area contributed by atoms with Gasteiger partial charge in [-0.25, -0.2) is 0 Å². The van der Waals surface area contributed by atoms with Gasteiger partial charge < -0.3 is 19.1 Å². The minimum Gasteiger partial charge on any atom is -0.462 e. The van der Waals surface area contributed by atoms with Crippen LogP contribution in [0.1, 0.15) is 120 Å². The molecule has 0 radical (unpaired) electrons. The van der Waals surface area contributed by atoms with Crippen molar-refractivity contribution in [1.82, 2.24) is 10.1 Å². The topological polar surface area (TPSA) is 77.5 Å². The van der Waals surface area contributed by atoms with E-state index in [1.807, 2.05) is 10.1 Å². The molecule has 0 bridgehead atoms. The molecule has 2 saturated heterocycles. The monoisotopic (exact) mass is 540 g/mol. The van der Waals surface area contributed by atoms with E-state index >= 15 is 0 Å². The largest absolute Gasteiger partial charge is 0.462 e. The second kappa shape index (κ2) is 13.4. The quantitative estimate of drug-likeness (QED) is 0.206. The van der Waals surface area contributed by atoms with Gasteiger partial charge in [0.2, 0.25) is 0 Å². The molecular weight excluding hydrogens is 484 g/mol. The number of esters is 2. The molecule has 0 spiro atoms. The Kier molecular flexibility index (Phi) is 11.7. The molecule has 0 amide bonds. The van der Waals surface area contributed by atoms with Crippen LogP contribution in [0.2, 0.25) is 0 Å². The molecule has 0 N–H and O–H groups in total. The predicted molar refractivity (Wildman–Crippen MR) is 149 cm³/mol. The van der Waals surface area contributed by atoms with Crippen molar-refractivity contribution >= 4 is 11.9 Å². The summed E-state index contributed by atoms with van der Waals surface area (Å²) in [5.74, 6) is -0.204. The van der Waals surface area contributed by atoms with E-state index in [-0.39, 0.29) is 46.1 Å². The van der Waals surface area contributed by atoms with E-state index in [0.29, 0.717) is 12.8 Å².